The Balaban J connectivity index is 2.08. The Morgan fingerprint density at radius 3 is 1.82 bits per heavy atom. The molecule has 0 saturated carbocycles. The van der Waals surface area contributed by atoms with Gasteiger partial charge in [-0.1, -0.05) is 0 Å². The quantitative estimate of drug-likeness (QED) is 0.577. The molecule has 0 amide bonds. The highest BCUT2D eigenvalue weighted by atomic mass is 16.5. The number of rotatable bonds is 2. The third-order valence-electron chi connectivity index (χ3n) is 3.13. The zero-order valence-electron chi connectivity index (χ0n) is 6.70. The van der Waals surface area contributed by atoms with Crippen molar-refractivity contribution in [1.82, 2.24) is 0 Å². The monoisotopic (exact) mass is 156 g/mol. The van der Waals surface area contributed by atoms with E-state index in [-0.39, 0.29) is 0 Å². The summed E-state index contributed by atoms with van der Waals surface area (Å²) < 4.78 is 5.72. The summed E-state index contributed by atoms with van der Waals surface area (Å²) in [6, 6.07) is 0. The predicted octanol–water partition coefficient (Wildman–Crippen LogP) is -0.303. The van der Waals surface area contributed by atoms with Crippen LogP contribution in [0.1, 0.15) is 12.8 Å². The first-order valence-corrected chi connectivity index (χ1v) is 4.42. The highest BCUT2D eigenvalue weighted by Crippen LogP contribution is 2.42. The Kier molecular flexibility index (Phi) is 1.87. The Morgan fingerprint density at radius 1 is 1.00 bits per heavy atom. The molecule has 4 N–H and O–H groups in total. The first-order valence-electron chi connectivity index (χ1n) is 4.42. The summed E-state index contributed by atoms with van der Waals surface area (Å²) in [7, 11) is 0. The minimum absolute atomic E-state index is 0.429. The fourth-order valence-electron chi connectivity index (χ4n) is 2.52. The van der Waals surface area contributed by atoms with Crippen LogP contribution in [0.25, 0.3) is 0 Å². The van der Waals surface area contributed by atoms with E-state index in [0.29, 0.717) is 24.0 Å². The van der Waals surface area contributed by atoms with Crippen molar-refractivity contribution in [2.24, 2.45) is 23.3 Å². The second-order valence-electron chi connectivity index (χ2n) is 3.59. The van der Waals surface area contributed by atoms with Gasteiger partial charge in [-0.2, -0.15) is 0 Å². The summed E-state index contributed by atoms with van der Waals surface area (Å²) >= 11 is 0. The van der Waals surface area contributed by atoms with E-state index in [1.165, 1.54) is 12.8 Å². The maximum absolute atomic E-state index is 5.72. The van der Waals surface area contributed by atoms with E-state index in [0.717, 1.165) is 13.1 Å². The molecule has 2 bridgehead atoms. The molecule has 0 unspecified atom stereocenters. The van der Waals surface area contributed by atoms with Gasteiger partial charge in [0, 0.05) is 11.8 Å². The number of ether oxygens (including phenoxy) is 1. The zero-order chi connectivity index (χ0) is 7.84. The highest BCUT2D eigenvalue weighted by Gasteiger charge is 2.47. The predicted molar refractivity (Wildman–Crippen MR) is 43.0 cm³/mol. The second kappa shape index (κ2) is 2.73. The van der Waals surface area contributed by atoms with Gasteiger partial charge in [-0.05, 0) is 25.9 Å². The third-order valence-corrected chi connectivity index (χ3v) is 3.13. The van der Waals surface area contributed by atoms with Gasteiger partial charge in [0.2, 0.25) is 0 Å². The number of fused-ring (bicyclic) bond motifs is 2. The van der Waals surface area contributed by atoms with Crippen LogP contribution >= 0.6 is 0 Å². The zero-order valence-corrected chi connectivity index (χ0v) is 6.70. The van der Waals surface area contributed by atoms with E-state index in [9.17, 15) is 0 Å². The maximum atomic E-state index is 5.72. The van der Waals surface area contributed by atoms with Crippen molar-refractivity contribution in [3.05, 3.63) is 0 Å². The van der Waals surface area contributed by atoms with Crippen molar-refractivity contribution < 1.29 is 4.74 Å². The van der Waals surface area contributed by atoms with Crippen molar-refractivity contribution >= 4 is 0 Å². The Labute approximate surface area is 67.1 Å². The van der Waals surface area contributed by atoms with Crippen LogP contribution in [-0.4, -0.2) is 25.3 Å². The highest BCUT2D eigenvalue weighted by molar-refractivity contribution is 4.96. The normalized spacial score (nSPS) is 48.5. The SMILES string of the molecule is NC[C@H]1[C@H](CN)[C@H]2CC[C@@H]1O2. The Hall–Kier alpha value is -0.120. The summed E-state index contributed by atoms with van der Waals surface area (Å²) in [4.78, 5) is 0. The van der Waals surface area contributed by atoms with Gasteiger partial charge < -0.3 is 16.2 Å². The molecule has 2 aliphatic rings. The van der Waals surface area contributed by atoms with Crippen molar-refractivity contribution in [2.75, 3.05) is 13.1 Å². The molecule has 64 valence electrons. The van der Waals surface area contributed by atoms with Crippen molar-refractivity contribution in [3.8, 4) is 0 Å². The molecule has 3 nitrogen and oxygen atoms in total. The molecular weight excluding hydrogens is 140 g/mol. The van der Waals surface area contributed by atoms with E-state index in [1.54, 1.807) is 0 Å². The van der Waals surface area contributed by atoms with Gasteiger partial charge in [-0.25, -0.2) is 0 Å². The fourth-order valence-corrected chi connectivity index (χ4v) is 2.52. The minimum Gasteiger partial charge on any atom is -0.374 e. The average molecular weight is 156 g/mol. The van der Waals surface area contributed by atoms with Gasteiger partial charge in [0.05, 0.1) is 12.2 Å². The van der Waals surface area contributed by atoms with Crippen molar-refractivity contribution in [2.45, 2.75) is 25.0 Å². The first-order chi connectivity index (χ1) is 5.36. The summed E-state index contributed by atoms with van der Waals surface area (Å²) in [5.74, 6) is 1.08. The first kappa shape index (κ1) is 7.53. The molecular formula is C8H16N2O. The van der Waals surface area contributed by atoms with Crippen LogP contribution in [0.15, 0.2) is 0 Å². The topological polar surface area (TPSA) is 61.3 Å². The third kappa shape index (κ3) is 0.991. The molecule has 0 aromatic rings. The molecule has 0 aromatic heterocycles. The summed E-state index contributed by atoms with van der Waals surface area (Å²) in [6.07, 6.45) is 3.25. The fraction of sp³-hybridized carbons (Fsp3) is 1.00. The lowest BCUT2D eigenvalue weighted by atomic mass is 9.79. The van der Waals surface area contributed by atoms with Gasteiger partial charge in [0.1, 0.15) is 0 Å². The van der Waals surface area contributed by atoms with Gasteiger partial charge in [0.15, 0.2) is 0 Å². The van der Waals surface area contributed by atoms with Crippen LogP contribution in [0.4, 0.5) is 0 Å². The van der Waals surface area contributed by atoms with Crippen LogP contribution in [0.5, 0.6) is 0 Å². The standard InChI is InChI=1S/C8H16N2O/c9-3-5-6(4-10)8-2-1-7(5)11-8/h5-8H,1-4,9-10H2/t5-,6-,7-,8+/m0/s1. The molecule has 0 spiro atoms. The van der Waals surface area contributed by atoms with E-state index < -0.39 is 0 Å². The molecule has 0 radical (unpaired) electrons. The smallest absolute Gasteiger partial charge is 0.0624 e. The van der Waals surface area contributed by atoms with E-state index in [4.69, 9.17) is 16.2 Å². The van der Waals surface area contributed by atoms with Gasteiger partial charge in [-0.3, -0.25) is 0 Å². The summed E-state index contributed by atoms with van der Waals surface area (Å²) in [5, 5.41) is 0. The molecule has 0 aromatic carbocycles. The molecule has 11 heavy (non-hydrogen) atoms. The lowest BCUT2D eigenvalue weighted by Gasteiger charge is -2.25. The molecule has 2 fully saturated rings. The summed E-state index contributed by atoms with van der Waals surface area (Å²) in [6.45, 7) is 1.48. The molecule has 3 heteroatoms. The lowest BCUT2D eigenvalue weighted by molar-refractivity contribution is 0.0883. The van der Waals surface area contributed by atoms with Crippen LogP contribution in [0.2, 0.25) is 0 Å². The number of nitrogens with two attached hydrogens (primary N) is 2. The van der Waals surface area contributed by atoms with Crippen molar-refractivity contribution in [3.63, 3.8) is 0 Å². The van der Waals surface area contributed by atoms with Crippen LogP contribution in [-0.2, 0) is 4.74 Å². The Bertz CT molecular complexity index is 135. The minimum atomic E-state index is 0.429. The largest absolute Gasteiger partial charge is 0.374 e. The number of hydrogen-bond donors (Lipinski definition) is 2. The maximum Gasteiger partial charge on any atom is 0.0624 e. The number of hydrogen-bond acceptors (Lipinski definition) is 3. The van der Waals surface area contributed by atoms with Crippen LogP contribution in [0.3, 0.4) is 0 Å². The van der Waals surface area contributed by atoms with E-state index in [2.05, 4.69) is 0 Å². The van der Waals surface area contributed by atoms with Gasteiger partial charge in [0.25, 0.3) is 0 Å². The summed E-state index contributed by atoms with van der Waals surface area (Å²) in [5.41, 5.74) is 11.3. The molecule has 2 rings (SSSR count). The average Bonchev–Trinajstić information content (AvgIpc) is 2.60. The van der Waals surface area contributed by atoms with E-state index >= 15 is 0 Å². The van der Waals surface area contributed by atoms with Crippen molar-refractivity contribution in [1.29, 1.82) is 0 Å². The molecule has 4 atom stereocenters. The molecule has 2 heterocycles. The molecule has 2 aliphatic heterocycles. The van der Waals surface area contributed by atoms with Gasteiger partial charge in [-0.15, -0.1) is 0 Å². The second-order valence-corrected chi connectivity index (χ2v) is 3.59. The van der Waals surface area contributed by atoms with E-state index in [1.807, 2.05) is 0 Å². The Morgan fingerprint density at radius 2 is 1.45 bits per heavy atom. The van der Waals surface area contributed by atoms with Gasteiger partial charge >= 0.3 is 0 Å². The van der Waals surface area contributed by atoms with Crippen LogP contribution < -0.4 is 11.5 Å². The lowest BCUT2D eigenvalue weighted by Crippen LogP contribution is -2.37. The van der Waals surface area contributed by atoms with Crippen LogP contribution in [0, 0.1) is 11.8 Å². The molecule has 2 saturated heterocycles. The molecule has 0 aliphatic carbocycles.